The molecule has 2 aromatic rings. The van der Waals surface area contributed by atoms with Gasteiger partial charge in [0, 0.05) is 32.7 Å². The van der Waals surface area contributed by atoms with E-state index >= 15 is 0 Å². The van der Waals surface area contributed by atoms with Crippen LogP contribution in [0.4, 0.5) is 0 Å². The van der Waals surface area contributed by atoms with Crippen molar-refractivity contribution in [3.63, 3.8) is 0 Å². The van der Waals surface area contributed by atoms with E-state index in [-0.39, 0.29) is 22.3 Å². The lowest BCUT2D eigenvalue weighted by Crippen LogP contribution is -2.54. The molecule has 2 heterocycles. The molecule has 31 heavy (non-hydrogen) atoms. The lowest BCUT2D eigenvalue weighted by molar-refractivity contribution is -0.134. The van der Waals surface area contributed by atoms with Gasteiger partial charge < -0.3 is 14.2 Å². The Morgan fingerprint density at radius 3 is 2.55 bits per heavy atom. The Labute approximate surface area is 187 Å². The highest BCUT2D eigenvalue weighted by Gasteiger charge is 2.31. The molecule has 1 saturated heterocycles. The Hall–Kier alpha value is -2.14. The summed E-state index contributed by atoms with van der Waals surface area (Å²) in [5.74, 6) is 0.581. The Balaban J connectivity index is 1.47. The third kappa shape index (κ3) is 5.76. The highest BCUT2D eigenvalue weighted by atomic mass is 35.5. The second kappa shape index (κ2) is 9.99. The van der Waals surface area contributed by atoms with Gasteiger partial charge in [0.05, 0.1) is 11.1 Å². The number of nitrogens with zero attached hydrogens (tertiary/aromatic N) is 3. The number of rotatable bonds is 8. The molecule has 1 N–H and O–H groups in total. The number of hydrogen-bond donors (Lipinski definition) is 1. The molecule has 1 fully saturated rings. The zero-order valence-electron chi connectivity index (χ0n) is 17.8. The second-order valence-corrected chi connectivity index (χ2v) is 9.50. The van der Waals surface area contributed by atoms with Gasteiger partial charge in [-0.15, -0.1) is 0 Å². The number of sulfonamides is 1. The molecule has 3 rings (SSSR count). The van der Waals surface area contributed by atoms with Crippen molar-refractivity contribution in [2.24, 2.45) is 0 Å². The van der Waals surface area contributed by atoms with E-state index in [1.807, 2.05) is 18.2 Å². The number of aryl methyl sites for hydroxylation is 2. The SMILES string of the molecule is Cc1noc(C)c1S(=O)(=O)N[C@@H](C)C(=O)N1CCN(CCOc2ccccc2Cl)CC1. The fourth-order valence-corrected chi connectivity index (χ4v) is 5.23. The number of para-hydroxylation sites is 1. The predicted octanol–water partition coefficient (Wildman–Crippen LogP) is 1.83. The summed E-state index contributed by atoms with van der Waals surface area (Å²) in [6.07, 6.45) is 0. The van der Waals surface area contributed by atoms with Gasteiger partial charge in [0.15, 0.2) is 5.76 Å². The zero-order valence-corrected chi connectivity index (χ0v) is 19.4. The van der Waals surface area contributed by atoms with Gasteiger partial charge in [0.2, 0.25) is 15.9 Å². The predicted molar refractivity (Wildman–Crippen MR) is 116 cm³/mol. The van der Waals surface area contributed by atoms with Crippen molar-refractivity contribution < 1.29 is 22.5 Å². The molecule has 170 valence electrons. The fraction of sp³-hybridized carbons (Fsp3) is 0.500. The maximum absolute atomic E-state index is 12.8. The number of benzene rings is 1. The molecule has 0 aliphatic carbocycles. The number of carbonyl (C=O) groups excluding carboxylic acids is 1. The first kappa shape index (κ1) is 23.5. The van der Waals surface area contributed by atoms with Crippen LogP contribution in [0.5, 0.6) is 5.75 Å². The highest BCUT2D eigenvalue weighted by molar-refractivity contribution is 7.89. The van der Waals surface area contributed by atoms with Crippen LogP contribution >= 0.6 is 11.6 Å². The summed E-state index contributed by atoms with van der Waals surface area (Å²) >= 11 is 6.08. The third-order valence-corrected chi connectivity index (χ3v) is 7.22. The summed E-state index contributed by atoms with van der Waals surface area (Å²) < 4.78 is 38.4. The Morgan fingerprint density at radius 2 is 1.94 bits per heavy atom. The van der Waals surface area contributed by atoms with Gasteiger partial charge >= 0.3 is 0 Å². The first-order chi connectivity index (χ1) is 14.7. The first-order valence-corrected chi connectivity index (χ1v) is 11.9. The average molecular weight is 471 g/mol. The first-order valence-electron chi connectivity index (χ1n) is 10.0. The molecule has 0 spiro atoms. The summed E-state index contributed by atoms with van der Waals surface area (Å²) in [7, 11) is -3.91. The molecule has 1 amide bonds. The van der Waals surface area contributed by atoms with Gasteiger partial charge in [-0.05, 0) is 32.9 Å². The minimum absolute atomic E-state index is 0.0181. The molecule has 11 heteroatoms. The molecule has 1 aromatic carbocycles. The standard InChI is InChI=1S/C20H27ClN4O5S/c1-14-19(16(3)30-22-14)31(27,28)23-15(2)20(26)25-10-8-24(9-11-25)12-13-29-18-7-5-4-6-17(18)21/h4-7,15,23H,8-13H2,1-3H3/t15-/m0/s1. The van der Waals surface area contributed by atoms with Crippen LogP contribution in [0, 0.1) is 13.8 Å². The van der Waals surface area contributed by atoms with E-state index in [2.05, 4.69) is 14.8 Å². The van der Waals surface area contributed by atoms with E-state index < -0.39 is 16.1 Å². The quantitative estimate of drug-likeness (QED) is 0.627. The van der Waals surface area contributed by atoms with E-state index in [9.17, 15) is 13.2 Å². The van der Waals surface area contributed by atoms with Crippen LogP contribution in [0.1, 0.15) is 18.4 Å². The maximum Gasteiger partial charge on any atom is 0.246 e. The number of amides is 1. The van der Waals surface area contributed by atoms with Crippen molar-refractivity contribution in [2.75, 3.05) is 39.3 Å². The lowest BCUT2D eigenvalue weighted by Gasteiger charge is -2.35. The molecule has 0 bridgehead atoms. The number of nitrogens with one attached hydrogen (secondary N) is 1. The smallest absolute Gasteiger partial charge is 0.246 e. The van der Waals surface area contributed by atoms with Crippen molar-refractivity contribution >= 4 is 27.5 Å². The van der Waals surface area contributed by atoms with Crippen molar-refractivity contribution in [1.29, 1.82) is 0 Å². The summed E-state index contributed by atoms with van der Waals surface area (Å²) in [6.45, 7) is 8.21. The normalized spacial score (nSPS) is 16.3. The van der Waals surface area contributed by atoms with Crippen LogP contribution in [0.15, 0.2) is 33.7 Å². The van der Waals surface area contributed by atoms with Crippen molar-refractivity contribution in [1.82, 2.24) is 19.7 Å². The van der Waals surface area contributed by atoms with E-state index in [0.29, 0.717) is 50.1 Å². The van der Waals surface area contributed by atoms with Crippen LogP contribution in [0.3, 0.4) is 0 Å². The Kier molecular flexibility index (Phi) is 7.58. The minimum atomic E-state index is -3.91. The summed E-state index contributed by atoms with van der Waals surface area (Å²) in [5, 5.41) is 4.24. The van der Waals surface area contributed by atoms with Crippen molar-refractivity contribution in [3.8, 4) is 5.75 Å². The Bertz CT molecular complexity index is 999. The van der Waals surface area contributed by atoms with Crippen LogP contribution in [-0.2, 0) is 14.8 Å². The molecule has 9 nitrogen and oxygen atoms in total. The van der Waals surface area contributed by atoms with Crippen LogP contribution in [0.2, 0.25) is 5.02 Å². The van der Waals surface area contributed by atoms with Crippen LogP contribution < -0.4 is 9.46 Å². The molecule has 0 radical (unpaired) electrons. The number of ether oxygens (including phenoxy) is 1. The molecule has 1 aliphatic rings. The summed E-state index contributed by atoms with van der Waals surface area (Å²) in [5.41, 5.74) is 0.261. The number of carbonyl (C=O) groups is 1. The minimum Gasteiger partial charge on any atom is -0.491 e. The fourth-order valence-electron chi connectivity index (χ4n) is 3.51. The van der Waals surface area contributed by atoms with Crippen LogP contribution in [0.25, 0.3) is 0 Å². The van der Waals surface area contributed by atoms with Gasteiger partial charge in [-0.2, -0.15) is 4.72 Å². The van der Waals surface area contributed by atoms with Crippen molar-refractivity contribution in [2.45, 2.75) is 31.7 Å². The largest absolute Gasteiger partial charge is 0.491 e. The number of hydrogen-bond acceptors (Lipinski definition) is 7. The molecule has 1 aliphatic heterocycles. The monoisotopic (exact) mass is 470 g/mol. The molecule has 0 saturated carbocycles. The zero-order chi connectivity index (χ0) is 22.6. The number of piperazine rings is 1. The van der Waals surface area contributed by atoms with Gasteiger partial charge in [-0.1, -0.05) is 28.9 Å². The summed E-state index contributed by atoms with van der Waals surface area (Å²) in [6, 6.07) is 6.42. The third-order valence-electron chi connectivity index (χ3n) is 5.12. The van der Waals surface area contributed by atoms with Gasteiger partial charge in [0.1, 0.15) is 22.9 Å². The maximum atomic E-state index is 12.8. The average Bonchev–Trinajstić information content (AvgIpc) is 3.08. The van der Waals surface area contributed by atoms with E-state index in [4.69, 9.17) is 20.9 Å². The van der Waals surface area contributed by atoms with E-state index in [1.54, 1.807) is 24.8 Å². The second-order valence-electron chi connectivity index (χ2n) is 7.44. The molecular formula is C20H27ClN4O5S. The lowest BCUT2D eigenvalue weighted by atomic mass is 10.2. The topological polar surface area (TPSA) is 105 Å². The van der Waals surface area contributed by atoms with Crippen molar-refractivity contribution in [3.05, 3.63) is 40.7 Å². The molecule has 1 aromatic heterocycles. The molecule has 0 unspecified atom stereocenters. The van der Waals surface area contributed by atoms with E-state index in [0.717, 1.165) is 0 Å². The van der Waals surface area contributed by atoms with Gasteiger partial charge in [-0.25, -0.2) is 8.42 Å². The molecular weight excluding hydrogens is 444 g/mol. The number of aromatic nitrogens is 1. The van der Waals surface area contributed by atoms with Gasteiger partial charge in [0.25, 0.3) is 0 Å². The Morgan fingerprint density at radius 1 is 1.26 bits per heavy atom. The summed E-state index contributed by atoms with van der Waals surface area (Å²) in [4.78, 5) is 16.6. The number of halogens is 1. The molecule has 1 atom stereocenters. The van der Waals surface area contributed by atoms with Gasteiger partial charge in [-0.3, -0.25) is 9.69 Å². The van der Waals surface area contributed by atoms with Crippen LogP contribution in [-0.4, -0.2) is 74.7 Å². The van der Waals surface area contributed by atoms with E-state index in [1.165, 1.54) is 6.92 Å². The highest BCUT2D eigenvalue weighted by Crippen LogP contribution is 2.23.